The monoisotopic (exact) mass is 302 g/mol. The van der Waals surface area contributed by atoms with Gasteiger partial charge >= 0.3 is 5.69 Å². The summed E-state index contributed by atoms with van der Waals surface area (Å²) in [4.78, 5) is 10.1. The third-order valence-corrected chi connectivity index (χ3v) is 4.22. The highest BCUT2D eigenvalue weighted by Gasteiger charge is 2.27. The average Bonchev–Trinajstić information content (AvgIpc) is 2.34. The van der Waals surface area contributed by atoms with E-state index in [1.807, 2.05) is 0 Å². The third-order valence-electron chi connectivity index (χ3n) is 2.70. The minimum Gasteiger partial charge on any atom is -0.487 e. The Morgan fingerprint density at radius 3 is 2.70 bits per heavy atom. The first-order chi connectivity index (χ1) is 9.44. The van der Waals surface area contributed by atoms with Crippen molar-refractivity contribution in [2.75, 3.05) is 19.8 Å². The van der Waals surface area contributed by atoms with Gasteiger partial charge in [0, 0.05) is 6.07 Å². The van der Waals surface area contributed by atoms with Crippen LogP contribution in [0, 0.1) is 10.1 Å². The van der Waals surface area contributed by atoms with Crippen molar-refractivity contribution < 1.29 is 22.8 Å². The van der Waals surface area contributed by atoms with E-state index in [9.17, 15) is 18.5 Å². The number of nitrogens with one attached hydrogen (secondary N) is 1. The zero-order valence-corrected chi connectivity index (χ0v) is 11.6. The van der Waals surface area contributed by atoms with Crippen LogP contribution in [0.4, 0.5) is 5.69 Å². The molecular formula is C11H14N2O6S. The lowest BCUT2D eigenvalue weighted by Gasteiger charge is -2.26. The van der Waals surface area contributed by atoms with Gasteiger partial charge in [-0.1, -0.05) is 0 Å². The molecule has 1 aromatic rings. The Morgan fingerprint density at radius 2 is 2.20 bits per heavy atom. The summed E-state index contributed by atoms with van der Waals surface area (Å²) in [5.41, 5.74) is -0.375. The molecule has 1 heterocycles. The van der Waals surface area contributed by atoms with Crippen LogP contribution in [0.3, 0.4) is 0 Å². The maximum atomic E-state index is 12.0. The van der Waals surface area contributed by atoms with Crippen molar-refractivity contribution in [3.05, 3.63) is 28.3 Å². The SMILES string of the molecule is CCOc1ccc(S(=O)(=O)NC2COC2)cc1[N+](=O)[O-]. The van der Waals surface area contributed by atoms with Crippen LogP contribution >= 0.6 is 0 Å². The van der Waals surface area contributed by atoms with Crippen molar-refractivity contribution >= 4 is 15.7 Å². The molecule has 0 spiro atoms. The number of rotatable bonds is 6. The molecule has 1 N–H and O–H groups in total. The summed E-state index contributed by atoms with van der Waals surface area (Å²) < 4.78 is 36.5. The van der Waals surface area contributed by atoms with Crippen LogP contribution in [0.25, 0.3) is 0 Å². The van der Waals surface area contributed by atoms with Gasteiger partial charge < -0.3 is 9.47 Å². The van der Waals surface area contributed by atoms with Gasteiger partial charge in [-0.15, -0.1) is 0 Å². The Kier molecular flexibility index (Phi) is 4.21. The van der Waals surface area contributed by atoms with Crippen molar-refractivity contribution in [2.45, 2.75) is 17.9 Å². The van der Waals surface area contributed by atoms with Crippen molar-refractivity contribution in [2.24, 2.45) is 0 Å². The molecule has 20 heavy (non-hydrogen) atoms. The highest BCUT2D eigenvalue weighted by molar-refractivity contribution is 7.89. The van der Waals surface area contributed by atoms with Gasteiger partial charge in [-0.05, 0) is 19.1 Å². The fourth-order valence-electron chi connectivity index (χ4n) is 1.68. The van der Waals surface area contributed by atoms with E-state index in [1.165, 1.54) is 12.1 Å². The average molecular weight is 302 g/mol. The van der Waals surface area contributed by atoms with Crippen LogP contribution in [0.1, 0.15) is 6.92 Å². The normalized spacial score (nSPS) is 15.7. The van der Waals surface area contributed by atoms with Crippen molar-refractivity contribution in [1.82, 2.24) is 4.72 Å². The number of nitro benzene ring substituents is 1. The Hall–Kier alpha value is -1.71. The van der Waals surface area contributed by atoms with E-state index < -0.39 is 14.9 Å². The Morgan fingerprint density at radius 1 is 1.50 bits per heavy atom. The highest BCUT2D eigenvalue weighted by atomic mass is 32.2. The maximum absolute atomic E-state index is 12.0. The zero-order valence-electron chi connectivity index (χ0n) is 10.7. The Labute approximate surface area is 115 Å². The van der Waals surface area contributed by atoms with Crippen LogP contribution < -0.4 is 9.46 Å². The van der Waals surface area contributed by atoms with E-state index in [-0.39, 0.29) is 29.0 Å². The molecule has 0 aromatic heterocycles. The number of hydrogen-bond acceptors (Lipinski definition) is 6. The first-order valence-corrected chi connectivity index (χ1v) is 7.43. The molecule has 8 nitrogen and oxygen atoms in total. The number of nitrogens with zero attached hydrogens (tertiary/aromatic N) is 1. The summed E-state index contributed by atoms with van der Waals surface area (Å²) in [6.45, 7) is 2.55. The molecule has 110 valence electrons. The van der Waals surface area contributed by atoms with E-state index in [0.29, 0.717) is 13.2 Å². The van der Waals surface area contributed by atoms with E-state index in [0.717, 1.165) is 6.07 Å². The fourth-order valence-corrected chi connectivity index (χ4v) is 2.90. The van der Waals surface area contributed by atoms with Crippen LogP contribution in [-0.4, -0.2) is 39.2 Å². The topological polar surface area (TPSA) is 108 Å². The smallest absolute Gasteiger partial charge is 0.312 e. The van der Waals surface area contributed by atoms with E-state index in [4.69, 9.17) is 9.47 Å². The van der Waals surface area contributed by atoms with Crippen molar-refractivity contribution in [1.29, 1.82) is 0 Å². The number of hydrogen-bond donors (Lipinski definition) is 1. The van der Waals surface area contributed by atoms with Crippen LogP contribution in [0.15, 0.2) is 23.1 Å². The molecule has 1 aliphatic rings. The second kappa shape index (κ2) is 5.73. The van der Waals surface area contributed by atoms with Gasteiger partial charge in [0.05, 0.1) is 35.7 Å². The van der Waals surface area contributed by atoms with E-state index in [1.54, 1.807) is 6.92 Å². The first-order valence-electron chi connectivity index (χ1n) is 5.95. The predicted molar refractivity (Wildman–Crippen MR) is 69.2 cm³/mol. The Balaban J connectivity index is 2.32. The third kappa shape index (κ3) is 3.06. The molecule has 1 saturated heterocycles. The molecule has 0 saturated carbocycles. The van der Waals surface area contributed by atoms with Crippen LogP contribution in [0.2, 0.25) is 0 Å². The van der Waals surface area contributed by atoms with Gasteiger partial charge in [0.1, 0.15) is 0 Å². The predicted octanol–water partition coefficient (Wildman–Crippen LogP) is 0.671. The molecule has 0 radical (unpaired) electrons. The standard InChI is InChI=1S/C11H14N2O6S/c1-2-19-11-4-3-9(5-10(11)13(14)15)20(16,17)12-8-6-18-7-8/h3-5,8,12H,2,6-7H2,1H3. The summed E-state index contributed by atoms with van der Waals surface area (Å²) in [5.74, 6) is 0.0448. The number of nitro groups is 1. The highest BCUT2D eigenvalue weighted by Crippen LogP contribution is 2.29. The minimum atomic E-state index is -3.80. The lowest BCUT2D eigenvalue weighted by molar-refractivity contribution is -0.386. The minimum absolute atomic E-state index is 0.0448. The summed E-state index contributed by atoms with van der Waals surface area (Å²) in [7, 11) is -3.80. The molecule has 1 aliphatic heterocycles. The molecule has 0 atom stereocenters. The summed E-state index contributed by atoms with van der Waals surface area (Å²) in [6.07, 6.45) is 0. The second-order valence-electron chi connectivity index (χ2n) is 4.18. The lowest BCUT2D eigenvalue weighted by atomic mass is 10.3. The molecule has 1 aromatic carbocycles. The van der Waals surface area contributed by atoms with Gasteiger partial charge in [0.2, 0.25) is 10.0 Å². The number of ether oxygens (including phenoxy) is 2. The molecule has 2 rings (SSSR count). The van der Waals surface area contributed by atoms with Gasteiger partial charge in [0.15, 0.2) is 5.75 Å². The number of benzene rings is 1. The van der Waals surface area contributed by atoms with Gasteiger partial charge in [0.25, 0.3) is 0 Å². The molecule has 0 amide bonds. The van der Waals surface area contributed by atoms with Gasteiger partial charge in [-0.25, -0.2) is 13.1 Å². The van der Waals surface area contributed by atoms with Crippen molar-refractivity contribution in [3.8, 4) is 5.75 Å². The molecule has 0 aliphatic carbocycles. The van der Waals surface area contributed by atoms with E-state index in [2.05, 4.69) is 4.72 Å². The summed E-state index contributed by atoms with van der Waals surface area (Å²) in [5, 5.41) is 11.0. The molecular weight excluding hydrogens is 288 g/mol. The molecule has 9 heteroatoms. The van der Waals surface area contributed by atoms with Gasteiger partial charge in [-0.3, -0.25) is 10.1 Å². The Bertz CT molecular complexity index is 611. The maximum Gasteiger partial charge on any atom is 0.312 e. The molecule has 1 fully saturated rings. The summed E-state index contributed by atoms with van der Waals surface area (Å²) in [6, 6.07) is 3.27. The van der Waals surface area contributed by atoms with Crippen LogP contribution in [0.5, 0.6) is 5.75 Å². The van der Waals surface area contributed by atoms with Gasteiger partial charge in [-0.2, -0.15) is 0 Å². The number of sulfonamides is 1. The largest absolute Gasteiger partial charge is 0.487 e. The quantitative estimate of drug-likeness (QED) is 0.611. The summed E-state index contributed by atoms with van der Waals surface area (Å²) >= 11 is 0. The lowest BCUT2D eigenvalue weighted by Crippen LogP contribution is -2.48. The molecule has 0 bridgehead atoms. The van der Waals surface area contributed by atoms with Crippen LogP contribution in [-0.2, 0) is 14.8 Å². The second-order valence-corrected chi connectivity index (χ2v) is 5.89. The van der Waals surface area contributed by atoms with E-state index >= 15 is 0 Å². The molecule has 0 unspecified atom stereocenters. The fraction of sp³-hybridized carbons (Fsp3) is 0.455. The first kappa shape index (κ1) is 14.7. The zero-order chi connectivity index (χ0) is 14.8. The van der Waals surface area contributed by atoms with Crippen molar-refractivity contribution in [3.63, 3.8) is 0 Å².